The molecule has 1 fully saturated rings. The van der Waals surface area contributed by atoms with Gasteiger partial charge < -0.3 is 23.7 Å². The van der Waals surface area contributed by atoms with Gasteiger partial charge in [-0.25, -0.2) is 0 Å². The predicted molar refractivity (Wildman–Crippen MR) is 144 cm³/mol. The lowest BCUT2D eigenvalue weighted by Gasteiger charge is -2.46. The van der Waals surface area contributed by atoms with Gasteiger partial charge in [0.15, 0.2) is 5.79 Å². The summed E-state index contributed by atoms with van der Waals surface area (Å²) in [6.45, 7) is 11.0. The maximum Gasteiger partial charge on any atom is 0.261 e. The SMILES string of the molecule is C=CC[C@@H](C[C@]1(OC)C[C@@H](O)C[C@H](CO[Si](c2ccccc2)(c2ccccc2)C(C)(C)C)O1)OC. The van der Waals surface area contributed by atoms with Crippen molar-refractivity contribution in [2.45, 2.75) is 75.6 Å². The molecule has 3 rings (SSSR count). The molecule has 35 heavy (non-hydrogen) atoms. The first-order chi connectivity index (χ1) is 16.7. The fourth-order valence-corrected chi connectivity index (χ4v) is 9.96. The van der Waals surface area contributed by atoms with Crippen LogP contribution in [0.25, 0.3) is 0 Å². The topological polar surface area (TPSA) is 57.2 Å². The molecule has 1 saturated heterocycles. The van der Waals surface area contributed by atoms with E-state index in [2.05, 4.69) is 75.9 Å². The molecule has 2 aromatic rings. The van der Waals surface area contributed by atoms with Crippen LogP contribution in [-0.2, 0) is 18.6 Å². The molecule has 0 unspecified atom stereocenters. The lowest BCUT2D eigenvalue weighted by molar-refractivity contribution is -0.299. The molecular formula is C29H42O5Si. The molecule has 0 spiro atoms. The summed E-state index contributed by atoms with van der Waals surface area (Å²) in [4.78, 5) is 0. The first-order valence-corrected chi connectivity index (χ1v) is 14.4. The van der Waals surface area contributed by atoms with E-state index in [0.29, 0.717) is 32.3 Å². The Bertz CT molecular complexity index is 874. The van der Waals surface area contributed by atoms with Crippen molar-refractivity contribution < 1.29 is 23.7 Å². The highest BCUT2D eigenvalue weighted by Gasteiger charge is 2.51. The zero-order chi connectivity index (χ0) is 25.5. The van der Waals surface area contributed by atoms with Crippen molar-refractivity contribution in [2.24, 2.45) is 0 Å². The average molecular weight is 499 g/mol. The molecule has 1 aliphatic heterocycles. The highest BCUT2D eigenvalue weighted by Crippen LogP contribution is 2.39. The van der Waals surface area contributed by atoms with E-state index in [1.54, 1.807) is 14.2 Å². The summed E-state index contributed by atoms with van der Waals surface area (Å²) in [6, 6.07) is 21.1. The minimum Gasteiger partial charge on any atom is -0.405 e. The highest BCUT2D eigenvalue weighted by molar-refractivity contribution is 6.99. The van der Waals surface area contributed by atoms with E-state index in [0.717, 1.165) is 0 Å². The molecule has 0 amide bonds. The van der Waals surface area contributed by atoms with Crippen LogP contribution in [-0.4, -0.2) is 58.3 Å². The second-order valence-electron chi connectivity index (χ2n) is 10.5. The van der Waals surface area contributed by atoms with E-state index in [-0.39, 0.29) is 17.2 Å². The van der Waals surface area contributed by atoms with Crippen LogP contribution in [0, 0.1) is 0 Å². The van der Waals surface area contributed by atoms with Gasteiger partial charge in [0.05, 0.1) is 24.9 Å². The third-order valence-electron chi connectivity index (χ3n) is 7.04. The minimum atomic E-state index is -2.70. The smallest absolute Gasteiger partial charge is 0.261 e. The van der Waals surface area contributed by atoms with Crippen molar-refractivity contribution in [1.29, 1.82) is 0 Å². The fraction of sp³-hybridized carbons (Fsp3) is 0.517. The maximum atomic E-state index is 10.8. The summed E-state index contributed by atoms with van der Waals surface area (Å²) in [5, 5.41) is 13.1. The van der Waals surface area contributed by atoms with Crippen molar-refractivity contribution in [3.05, 3.63) is 73.3 Å². The average Bonchev–Trinajstić information content (AvgIpc) is 2.84. The van der Waals surface area contributed by atoms with Gasteiger partial charge in [0, 0.05) is 33.5 Å². The Hall–Kier alpha value is -1.80. The Kier molecular flexibility index (Phi) is 9.49. The van der Waals surface area contributed by atoms with Gasteiger partial charge in [-0.2, -0.15) is 0 Å². The van der Waals surface area contributed by atoms with E-state index in [9.17, 15) is 5.11 Å². The molecule has 2 aromatic carbocycles. The minimum absolute atomic E-state index is 0.101. The summed E-state index contributed by atoms with van der Waals surface area (Å²) < 4.78 is 25.1. The second-order valence-corrected chi connectivity index (χ2v) is 14.8. The van der Waals surface area contributed by atoms with Crippen molar-refractivity contribution in [3.8, 4) is 0 Å². The Labute approximate surface area is 212 Å². The van der Waals surface area contributed by atoms with Crippen LogP contribution in [0.15, 0.2) is 73.3 Å². The molecule has 0 aliphatic carbocycles. The molecule has 0 aromatic heterocycles. The Morgan fingerprint density at radius 3 is 2.11 bits per heavy atom. The van der Waals surface area contributed by atoms with Crippen LogP contribution in [0.4, 0.5) is 0 Å². The summed E-state index contributed by atoms with van der Waals surface area (Å²) in [5.74, 6) is -0.930. The summed E-state index contributed by atoms with van der Waals surface area (Å²) in [7, 11) is 0.615. The number of hydrogen-bond donors (Lipinski definition) is 1. The second kappa shape index (κ2) is 12.0. The monoisotopic (exact) mass is 498 g/mol. The van der Waals surface area contributed by atoms with Crippen LogP contribution >= 0.6 is 0 Å². The third kappa shape index (κ3) is 6.31. The molecule has 4 atom stereocenters. The number of methoxy groups -OCH3 is 2. The Balaban J connectivity index is 1.92. The largest absolute Gasteiger partial charge is 0.405 e. The summed E-state index contributed by atoms with van der Waals surface area (Å²) in [6.07, 6.45) is 2.98. The first kappa shape index (κ1) is 27.8. The van der Waals surface area contributed by atoms with Gasteiger partial charge in [-0.05, 0) is 21.8 Å². The molecule has 1 aliphatic rings. The van der Waals surface area contributed by atoms with Gasteiger partial charge >= 0.3 is 0 Å². The van der Waals surface area contributed by atoms with Crippen LogP contribution in [0.1, 0.15) is 46.5 Å². The van der Waals surface area contributed by atoms with Crippen molar-refractivity contribution in [1.82, 2.24) is 0 Å². The normalized spacial score (nSPS) is 24.2. The van der Waals surface area contributed by atoms with E-state index in [1.807, 2.05) is 18.2 Å². The molecule has 1 N–H and O–H groups in total. The lowest BCUT2D eigenvalue weighted by Crippen LogP contribution is -2.67. The number of aliphatic hydroxyl groups is 1. The van der Waals surface area contributed by atoms with E-state index in [4.69, 9.17) is 18.6 Å². The van der Waals surface area contributed by atoms with Gasteiger partial charge in [0.25, 0.3) is 8.32 Å². The van der Waals surface area contributed by atoms with E-state index >= 15 is 0 Å². The van der Waals surface area contributed by atoms with Gasteiger partial charge in [0.1, 0.15) is 0 Å². The molecule has 192 valence electrons. The van der Waals surface area contributed by atoms with E-state index in [1.165, 1.54) is 10.4 Å². The number of benzene rings is 2. The molecule has 0 saturated carbocycles. The highest BCUT2D eigenvalue weighted by atomic mass is 28.4. The van der Waals surface area contributed by atoms with Crippen molar-refractivity contribution in [3.63, 3.8) is 0 Å². The van der Waals surface area contributed by atoms with Gasteiger partial charge in [-0.1, -0.05) is 87.5 Å². The van der Waals surface area contributed by atoms with Gasteiger partial charge in [-0.3, -0.25) is 0 Å². The quantitative estimate of drug-likeness (QED) is 0.367. The zero-order valence-corrected chi connectivity index (χ0v) is 22.9. The Morgan fingerprint density at radius 1 is 1.09 bits per heavy atom. The zero-order valence-electron chi connectivity index (χ0n) is 21.9. The molecule has 0 radical (unpaired) electrons. The Morgan fingerprint density at radius 2 is 1.66 bits per heavy atom. The molecule has 6 heteroatoms. The van der Waals surface area contributed by atoms with Crippen LogP contribution < -0.4 is 10.4 Å². The number of ether oxygens (including phenoxy) is 3. The van der Waals surface area contributed by atoms with Crippen molar-refractivity contribution >= 4 is 18.7 Å². The number of hydrogen-bond acceptors (Lipinski definition) is 5. The maximum absolute atomic E-state index is 10.8. The summed E-state index contributed by atoms with van der Waals surface area (Å²) in [5.41, 5.74) is 0. The van der Waals surface area contributed by atoms with E-state index < -0.39 is 20.2 Å². The predicted octanol–water partition coefficient (Wildman–Crippen LogP) is 4.43. The number of aliphatic hydroxyl groups excluding tert-OH is 1. The van der Waals surface area contributed by atoms with Crippen molar-refractivity contribution in [2.75, 3.05) is 20.8 Å². The lowest BCUT2D eigenvalue weighted by atomic mass is 9.93. The van der Waals surface area contributed by atoms with Crippen LogP contribution in [0.5, 0.6) is 0 Å². The number of rotatable bonds is 11. The molecular weight excluding hydrogens is 456 g/mol. The van der Waals surface area contributed by atoms with Crippen LogP contribution in [0.2, 0.25) is 5.04 Å². The standard InChI is InChI=1S/C29H42O5Si/c1-7-14-24(31-5)21-29(32-6)20-23(30)19-25(34-29)22-33-35(28(2,3)4,26-15-10-8-11-16-26)27-17-12-9-13-18-27/h7-13,15-18,23-25,30H,1,14,19-22H2,2-6H3/t23-,24-,25+,29-/m0/s1. The van der Waals surface area contributed by atoms with Gasteiger partial charge in [-0.15, -0.1) is 6.58 Å². The third-order valence-corrected chi connectivity index (χ3v) is 12.0. The molecule has 0 bridgehead atoms. The molecule has 5 nitrogen and oxygen atoms in total. The first-order valence-electron chi connectivity index (χ1n) is 12.5. The van der Waals surface area contributed by atoms with Crippen LogP contribution in [0.3, 0.4) is 0 Å². The summed E-state index contributed by atoms with van der Waals surface area (Å²) >= 11 is 0. The van der Waals surface area contributed by atoms with Gasteiger partial charge in [0.2, 0.25) is 0 Å². The fourth-order valence-electron chi connectivity index (χ4n) is 5.37. The molecule has 1 heterocycles.